The second kappa shape index (κ2) is 9.95. The summed E-state index contributed by atoms with van der Waals surface area (Å²) in [5.74, 6) is 1.05. The van der Waals surface area contributed by atoms with E-state index in [1.54, 1.807) is 30.3 Å². The van der Waals surface area contributed by atoms with Crippen LogP contribution in [0.3, 0.4) is 0 Å². The van der Waals surface area contributed by atoms with Crippen LogP contribution < -0.4 is 27.3 Å². The summed E-state index contributed by atoms with van der Waals surface area (Å²) >= 11 is 0. The molecule has 2 aromatic heterocycles. The van der Waals surface area contributed by atoms with Crippen LogP contribution in [0.25, 0.3) is 10.9 Å². The Kier molecular flexibility index (Phi) is 6.75. The van der Waals surface area contributed by atoms with Crippen molar-refractivity contribution in [1.82, 2.24) is 25.9 Å². The average Bonchev–Trinajstić information content (AvgIpc) is 3.56. The molecule has 1 aliphatic carbocycles. The number of fused-ring (bicyclic) bond motifs is 1. The summed E-state index contributed by atoms with van der Waals surface area (Å²) in [4.78, 5) is 20.4. The van der Waals surface area contributed by atoms with Gasteiger partial charge in [-0.3, -0.25) is 14.8 Å². The molecule has 0 unspecified atom stereocenters. The Morgan fingerprint density at radius 1 is 1.30 bits per heavy atom. The van der Waals surface area contributed by atoms with Crippen LogP contribution in [0.15, 0.2) is 42.4 Å². The number of aromatic nitrogens is 2. The number of pyridine rings is 2. The number of carbonyl (C=O) groups is 1. The maximum atomic E-state index is 15.5. The van der Waals surface area contributed by atoms with Crippen molar-refractivity contribution in [2.24, 2.45) is 11.1 Å². The predicted molar refractivity (Wildman–Crippen MR) is 150 cm³/mol. The van der Waals surface area contributed by atoms with E-state index in [-0.39, 0.29) is 10.9 Å². The summed E-state index contributed by atoms with van der Waals surface area (Å²) in [6.45, 7) is 8.54. The second-order valence-corrected chi connectivity index (χ2v) is 11.4. The number of amides is 1. The second-order valence-electron chi connectivity index (χ2n) is 11.4. The van der Waals surface area contributed by atoms with Crippen molar-refractivity contribution in [1.29, 1.82) is 0 Å². The minimum absolute atomic E-state index is 0.0581. The molecule has 1 atom stereocenters. The topological polar surface area (TPSA) is 120 Å². The van der Waals surface area contributed by atoms with E-state index >= 15 is 4.39 Å². The Hall–Kier alpha value is -4.43. The van der Waals surface area contributed by atoms with Crippen LogP contribution in [0.4, 0.5) is 20.2 Å². The lowest BCUT2D eigenvalue weighted by Crippen LogP contribution is -2.51. The molecule has 0 radical (unpaired) electrons. The fraction of sp³-hybridized carbons (Fsp3) is 0.345. The van der Waals surface area contributed by atoms with E-state index in [0.29, 0.717) is 58.7 Å². The molecule has 0 bridgehead atoms. The lowest BCUT2D eigenvalue weighted by atomic mass is 9.96. The third-order valence-electron chi connectivity index (χ3n) is 7.13. The Labute approximate surface area is 231 Å². The van der Waals surface area contributed by atoms with E-state index in [2.05, 4.69) is 58.3 Å². The number of rotatable bonds is 8. The van der Waals surface area contributed by atoms with Gasteiger partial charge >= 0.3 is 0 Å². The summed E-state index contributed by atoms with van der Waals surface area (Å²) in [7, 11) is 0. The number of carbonyl (C=O) groups excluding carboxylic acids is 1. The molecular weight excluding hydrogens is 514 g/mol. The minimum Gasteiger partial charge on any atom is -0.383 e. The number of anilines is 2. The first kappa shape index (κ1) is 27.1. The van der Waals surface area contributed by atoms with E-state index in [1.165, 1.54) is 18.3 Å². The Morgan fingerprint density at radius 2 is 2.05 bits per heavy atom. The fourth-order valence-electron chi connectivity index (χ4n) is 4.76. The molecule has 208 valence electrons. The van der Waals surface area contributed by atoms with Crippen LogP contribution in [-0.4, -0.2) is 33.0 Å². The largest absolute Gasteiger partial charge is 0.383 e. The third kappa shape index (κ3) is 5.10. The van der Waals surface area contributed by atoms with Crippen molar-refractivity contribution in [2.75, 3.05) is 17.2 Å². The van der Waals surface area contributed by atoms with Gasteiger partial charge in [-0.1, -0.05) is 32.8 Å². The van der Waals surface area contributed by atoms with Crippen molar-refractivity contribution in [2.45, 2.75) is 52.1 Å². The van der Waals surface area contributed by atoms with Gasteiger partial charge < -0.3 is 21.8 Å². The van der Waals surface area contributed by atoms with E-state index in [4.69, 9.17) is 12.2 Å². The monoisotopic (exact) mass is 546 g/mol. The summed E-state index contributed by atoms with van der Waals surface area (Å²) in [6.07, 6.45) is 10.2. The zero-order valence-electron chi connectivity index (χ0n) is 22.8. The predicted octanol–water partition coefficient (Wildman–Crippen LogP) is 3.99. The van der Waals surface area contributed by atoms with Crippen molar-refractivity contribution < 1.29 is 13.6 Å². The molecule has 9 nitrogen and oxygen atoms in total. The van der Waals surface area contributed by atoms with Crippen LogP contribution in [0.5, 0.6) is 0 Å². The molecule has 40 heavy (non-hydrogen) atoms. The smallest absolute Gasteiger partial charge is 0.244 e. The van der Waals surface area contributed by atoms with Crippen LogP contribution in [0, 0.1) is 36.4 Å². The molecule has 1 aliphatic heterocycles. The van der Waals surface area contributed by atoms with E-state index in [9.17, 15) is 9.18 Å². The quantitative estimate of drug-likeness (QED) is 0.213. The summed E-state index contributed by atoms with van der Waals surface area (Å²) in [5.41, 5.74) is 14.3. The molecule has 11 heteroatoms. The van der Waals surface area contributed by atoms with Crippen LogP contribution in [-0.2, 0) is 4.79 Å². The van der Waals surface area contributed by atoms with E-state index in [1.807, 2.05) is 0 Å². The maximum absolute atomic E-state index is 15.5. The molecule has 1 saturated carbocycles. The van der Waals surface area contributed by atoms with Gasteiger partial charge in [-0.15, -0.1) is 12.0 Å². The molecule has 1 amide bonds. The zero-order chi connectivity index (χ0) is 28.8. The summed E-state index contributed by atoms with van der Waals surface area (Å²) in [6, 6.07) is 5.39. The van der Waals surface area contributed by atoms with Crippen molar-refractivity contribution >= 4 is 28.2 Å². The highest BCUT2D eigenvalue weighted by Crippen LogP contribution is 2.43. The Bertz CT molecular complexity index is 1570. The molecule has 1 aromatic carbocycles. The van der Waals surface area contributed by atoms with E-state index in [0.717, 1.165) is 0 Å². The number of aryl methyl sites for hydroxylation is 1. The van der Waals surface area contributed by atoms with Crippen LogP contribution >= 0.6 is 0 Å². The first-order valence-electron chi connectivity index (χ1n) is 13.0. The molecule has 0 saturated heterocycles. The van der Waals surface area contributed by atoms with Gasteiger partial charge in [0.1, 0.15) is 11.1 Å². The van der Waals surface area contributed by atoms with Gasteiger partial charge in [0.15, 0.2) is 5.82 Å². The number of benzene rings is 1. The SMILES string of the molecule is C#Cc1cnc2c(F)cc(N[C@H](C3=CN(C4(C(N)=O)CC4)NN3)c3ccc(F)nc3C)cc2c1NCC(C)(C)C. The summed E-state index contributed by atoms with van der Waals surface area (Å²) in [5, 5.41) is 8.92. The number of halogens is 2. The third-order valence-corrected chi connectivity index (χ3v) is 7.13. The standard InChI is InChI=1S/C29H32F2N8O/c1-6-17-13-33-25-20(24(17)34-15-28(3,4)5)11-18(12-21(25)30)36-26(19-7-8-23(31)35-16(19)2)22-14-39(38-37-22)29(9-10-29)27(32)40/h1,7-8,11-14,26,36-38H,9-10,15H2,2-5H3,(H2,32,40)(H,33,34)/t26-/m0/s1. The molecule has 2 aliphatic rings. The number of hydrazine groups is 2. The highest BCUT2D eigenvalue weighted by Gasteiger charge is 2.54. The number of primary amides is 1. The molecule has 0 spiro atoms. The number of terminal acetylenes is 1. The van der Waals surface area contributed by atoms with Crippen LogP contribution in [0.2, 0.25) is 0 Å². The number of hydrogen-bond acceptors (Lipinski definition) is 8. The first-order valence-corrected chi connectivity index (χ1v) is 13.0. The Morgan fingerprint density at radius 3 is 2.67 bits per heavy atom. The minimum atomic E-state index is -0.824. The number of nitrogens with zero attached hydrogens (tertiary/aromatic N) is 3. The van der Waals surface area contributed by atoms with Crippen molar-refractivity contribution in [3.63, 3.8) is 0 Å². The lowest BCUT2D eigenvalue weighted by molar-refractivity contribution is -0.124. The first-order chi connectivity index (χ1) is 18.9. The zero-order valence-corrected chi connectivity index (χ0v) is 22.8. The summed E-state index contributed by atoms with van der Waals surface area (Å²) < 4.78 is 29.4. The fourth-order valence-corrected chi connectivity index (χ4v) is 4.76. The molecule has 3 heterocycles. The van der Waals surface area contributed by atoms with Gasteiger partial charge in [0, 0.05) is 41.3 Å². The maximum Gasteiger partial charge on any atom is 0.244 e. The molecular formula is C29H32F2N8O. The highest BCUT2D eigenvalue weighted by molar-refractivity contribution is 5.96. The number of nitrogens with two attached hydrogens (primary N) is 1. The lowest BCUT2D eigenvalue weighted by Gasteiger charge is -2.24. The van der Waals surface area contributed by atoms with Gasteiger partial charge in [0.05, 0.1) is 23.0 Å². The van der Waals surface area contributed by atoms with Gasteiger partial charge in [-0.25, -0.2) is 9.37 Å². The van der Waals surface area contributed by atoms with Gasteiger partial charge in [0.25, 0.3) is 0 Å². The van der Waals surface area contributed by atoms with Crippen molar-refractivity contribution in [3.8, 4) is 12.3 Å². The highest BCUT2D eigenvalue weighted by atomic mass is 19.1. The molecule has 3 aromatic rings. The normalized spacial score (nSPS) is 16.6. The number of nitrogens with one attached hydrogen (secondary N) is 4. The molecule has 5 rings (SSSR count). The van der Waals surface area contributed by atoms with Gasteiger partial charge in [0.2, 0.25) is 11.9 Å². The van der Waals surface area contributed by atoms with Crippen LogP contribution in [0.1, 0.15) is 56.5 Å². The Balaban J connectivity index is 1.58. The van der Waals surface area contributed by atoms with Gasteiger partial charge in [-0.05, 0) is 43.4 Å². The average molecular weight is 547 g/mol. The number of hydrogen-bond donors (Lipinski definition) is 5. The van der Waals surface area contributed by atoms with E-state index < -0.39 is 29.3 Å². The van der Waals surface area contributed by atoms with Gasteiger partial charge in [-0.2, -0.15) is 4.39 Å². The van der Waals surface area contributed by atoms with Crippen molar-refractivity contribution in [3.05, 3.63) is 70.9 Å². The molecule has 6 N–H and O–H groups in total. The molecule has 1 fully saturated rings.